The lowest BCUT2D eigenvalue weighted by atomic mass is 10.2. The van der Waals surface area contributed by atoms with Crippen LogP contribution in [-0.2, 0) is 6.54 Å². The Morgan fingerprint density at radius 2 is 1.79 bits per heavy atom. The Morgan fingerprint density at radius 3 is 2.41 bits per heavy atom. The summed E-state index contributed by atoms with van der Waals surface area (Å²) in [5.41, 5.74) is 1.05. The first-order chi connectivity index (χ1) is 13.7. The van der Waals surface area contributed by atoms with Crippen molar-refractivity contribution >= 4 is 35.9 Å². The number of nitrogens with zero attached hydrogens (tertiary/aromatic N) is 6. The number of halogens is 2. The van der Waals surface area contributed by atoms with Gasteiger partial charge in [-0.2, -0.15) is 0 Å². The molecule has 0 atom stereocenters. The molecule has 2 aromatic rings. The van der Waals surface area contributed by atoms with Crippen LogP contribution in [0, 0.1) is 5.82 Å². The standard InChI is InChI=1S/C20H28FN7.HI/c1-22-19(26(2)16-17-4-6-18(21)7-5-17)25-10-11-27-12-14-28(15-13-27)20-23-8-3-9-24-20;/h3-9H,10-16H2,1-2H3,(H,22,25);1H. The number of hydrogen-bond acceptors (Lipinski definition) is 5. The van der Waals surface area contributed by atoms with E-state index in [0.717, 1.165) is 56.7 Å². The minimum Gasteiger partial charge on any atom is -0.355 e. The lowest BCUT2D eigenvalue weighted by Crippen LogP contribution is -2.49. The lowest BCUT2D eigenvalue weighted by Gasteiger charge is -2.34. The first kappa shape index (κ1) is 23.3. The highest BCUT2D eigenvalue weighted by Crippen LogP contribution is 2.09. The molecule has 2 heterocycles. The summed E-state index contributed by atoms with van der Waals surface area (Å²) in [6.07, 6.45) is 3.57. The van der Waals surface area contributed by atoms with Crippen LogP contribution in [0.1, 0.15) is 5.56 Å². The topological polar surface area (TPSA) is 59.9 Å². The van der Waals surface area contributed by atoms with Gasteiger partial charge in [0.15, 0.2) is 5.96 Å². The first-order valence-electron chi connectivity index (χ1n) is 9.56. The molecule has 0 bridgehead atoms. The highest BCUT2D eigenvalue weighted by molar-refractivity contribution is 14.0. The zero-order valence-electron chi connectivity index (χ0n) is 17.0. The zero-order valence-corrected chi connectivity index (χ0v) is 19.3. The number of rotatable bonds is 6. The number of anilines is 1. The van der Waals surface area contributed by atoms with E-state index in [1.165, 1.54) is 12.1 Å². The molecule has 0 radical (unpaired) electrons. The second kappa shape index (κ2) is 11.9. The van der Waals surface area contributed by atoms with E-state index in [1.807, 2.05) is 18.0 Å². The van der Waals surface area contributed by atoms with Gasteiger partial charge in [0.05, 0.1) is 0 Å². The molecule has 1 aliphatic heterocycles. The average Bonchev–Trinajstić information content (AvgIpc) is 2.74. The summed E-state index contributed by atoms with van der Waals surface area (Å²) in [5, 5.41) is 3.41. The number of nitrogens with one attached hydrogen (secondary N) is 1. The van der Waals surface area contributed by atoms with E-state index < -0.39 is 0 Å². The number of hydrogen-bond donors (Lipinski definition) is 1. The molecule has 1 saturated heterocycles. The van der Waals surface area contributed by atoms with E-state index >= 15 is 0 Å². The van der Waals surface area contributed by atoms with Crippen LogP contribution in [0.4, 0.5) is 10.3 Å². The SMILES string of the molecule is CN=C(NCCN1CCN(c2ncccn2)CC1)N(C)Cc1ccc(F)cc1.I. The van der Waals surface area contributed by atoms with Gasteiger partial charge in [-0.3, -0.25) is 9.89 Å². The van der Waals surface area contributed by atoms with Gasteiger partial charge < -0.3 is 15.1 Å². The molecular formula is C20H29FIN7. The van der Waals surface area contributed by atoms with E-state index in [-0.39, 0.29) is 29.8 Å². The number of benzene rings is 1. The van der Waals surface area contributed by atoms with Crippen molar-refractivity contribution in [3.05, 3.63) is 54.1 Å². The number of aromatic nitrogens is 2. The van der Waals surface area contributed by atoms with Gasteiger partial charge in [-0.15, -0.1) is 24.0 Å². The fourth-order valence-electron chi connectivity index (χ4n) is 3.28. The molecule has 1 fully saturated rings. The molecular weight excluding hydrogens is 484 g/mol. The van der Waals surface area contributed by atoms with Crippen molar-refractivity contribution in [2.24, 2.45) is 4.99 Å². The van der Waals surface area contributed by atoms with Gasteiger partial charge >= 0.3 is 0 Å². The van der Waals surface area contributed by atoms with Crippen molar-refractivity contribution < 1.29 is 4.39 Å². The highest BCUT2D eigenvalue weighted by Gasteiger charge is 2.18. The molecule has 1 aromatic heterocycles. The minimum absolute atomic E-state index is 0. The molecule has 0 spiro atoms. The van der Waals surface area contributed by atoms with Crippen molar-refractivity contribution in [2.45, 2.75) is 6.54 Å². The second-order valence-electron chi connectivity index (χ2n) is 6.83. The van der Waals surface area contributed by atoms with Crippen LogP contribution in [0.25, 0.3) is 0 Å². The van der Waals surface area contributed by atoms with Crippen LogP contribution in [-0.4, -0.2) is 79.1 Å². The van der Waals surface area contributed by atoms with Crippen LogP contribution in [0.5, 0.6) is 0 Å². The monoisotopic (exact) mass is 513 g/mol. The maximum absolute atomic E-state index is 13.0. The molecule has 1 N–H and O–H groups in total. The lowest BCUT2D eigenvalue weighted by molar-refractivity contribution is 0.259. The van der Waals surface area contributed by atoms with Crippen molar-refractivity contribution in [3.63, 3.8) is 0 Å². The van der Waals surface area contributed by atoms with Crippen molar-refractivity contribution in [1.29, 1.82) is 0 Å². The van der Waals surface area contributed by atoms with Gasteiger partial charge in [0.25, 0.3) is 0 Å². The predicted molar refractivity (Wildman–Crippen MR) is 125 cm³/mol. The third-order valence-corrected chi connectivity index (χ3v) is 4.82. The van der Waals surface area contributed by atoms with Crippen LogP contribution in [0.15, 0.2) is 47.7 Å². The molecule has 0 saturated carbocycles. The Bertz CT molecular complexity index is 749. The fraction of sp³-hybridized carbons (Fsp3) is 0.450. The van der Waals surface area contributed by atoms with Crippen molar-refractivity contribution in [1.82, 2.24) is 25.1 Å². The third-order valence-electron chi connectivity index (χ3n) is 4.82. The first-order valence-corrected chi connectivity index (χ1v) is 9.56. The quantitative estimate of drug-likeness (QED) is 0.363. The van der Waals surface area contributed by atoms with E-state index in [9.17, 15) is 4.39 Å². The molecule has 1 aromatic carbocycles. The Balaban J connectivity index is 0.00000300. The molecule has 1 aliphatic rings. The number of piperazine rings is 1. The van der Waals surface area contributed by atoms with Crippen LogP contribution in [0.3, 0.4) is 0 Å². The van der Waals surface area contributed by atoms with Gasteiger partial charge in [-0.05, 0) is 23.8 Å². The molecule has 0 aliphatic carbocycles. The van der Waals surface area contributed by atoms with Gasteiger partial charge in [0.1, 0.15) is 5.82 Å². The predicted octanol–water partition coefficient (Wildman–Crippen LogP) is 2.06. The summed E-state index contributed by atoms with van der Waals surface area (Å²) in [6.45, 7) is 6.30. The van der Waals surface area contributed by atoms with E-state index in [2.05, 4.69) is 30.1 Å². The molecule has 158 valence electrons. The summed E-state index contributed by atoms with van der Waals surface area (Å²) in [5.74, 6) is 1.43. The van der Waals surface area contributed by atoms with Gasteiger partial charge in [-0.25, -0.2) is 14.4 Å². The molecule has 0 unspecified atom stereocenters. The van der Waals surface area contributed by atoms with Crippen molar-refractivity contribution in [3.8, 4) is 0 Å². The molecule has 9 heteroatoms. The number of guanidine groups is 1. The van der Waals surface area contributed by atoms with Crippen LogP contribution < -0.4 is 10.2 Å². The summed E-state index contributed by atoms with van der Waals surface area (Å²) >= 11 is 0. The molecule has 3 rings (SSSR count). The fourth-order valence-corrected chi connectivity index (χ4v) is 3.28. The summed E-state index contributed by atoms with van der Waals surface area (Å²) in [7, 11) is 3.76. The summed E-state index contributed by atoms with van der Waals surface area (Å²) in [6, 6.07) is 8.41. The Morgan fingerprint density at radius 1 is 1.14 bits per heavy atom. The maximum Gasteiger partial charge on any atom is 0.225 e. The van der Waals surface area contributed by atoms with Crippen LogP contribution >= 0.6 is 24.0 Å². The Hall–Kier alpha value is -2.01. The summed E-state index contributed by atoms with van der Waals surface area (Å²) in [4.78, 5) is 19.7. The molecule has 0 amide bonds. The summed E-state index contributed by atoms with van der Waals surface area (Å²) < 4.78 is 13.0. The molecule has 29 heavy (non-hydrogen) atoms. The minimum atomic E-state index is -0.215. The third kappa shape index (κ3) is 7.07. The largest absolute Gasteiger partial charge is 0.355 e. The second-order valence-corrected chi connectivity index (χ2v) is 6.83. The van der Waals surface area contributed by atoms with E-state index in [0.29, 0.717) is 6.54 Å². The zero-order chi connectivity index (χ0) is 19.8. The number of aliphatic imine (C=N–C) groups is 1. The Labute approximate surface area is 189 Å². The normalized spacial score (nSPS) is 15.0. The maximum atomic E-state index is 13.0. The smallest absolute Gasteiger partial charge is 0.225 e. The van der Waals surface area contributed by atoms with E-state index in [4.69, 9.17) is 0 Å². The van der Waals surface area contributed by atoms with Gasteiger partial charge in [0.2, 0.25) is 5.95 Å². The van der Waals surface area contributed by atoms with Crippen molar-refractivity contribution in [2.75, 3.05) is 58.3 Å². The van der Waals surface area contributed by atoms with Gasteiger partial charge in [-0.1, -0.05) is 12.1 Å². The average molecular weight is 513 g/mol. The highest BCUT2D eigenvalue weighted by atomic mass is 127. The van der Waals surface area contributed by atoms with Crippen LogP contribution in [0.2, 0.25) is 0 Å². The Kier molecular flexibility index (Phi) is 9.52. The van der Waals surface area contributed by atoms with E-state index in [1.54, 1.807) is 31.6 Å². The van der Waals surface area contributed by atoms with Gasteiger partial charge in [0, 0.05) is 72.3 Å². The molecule has 7 nitrogen and oxygen atoms in total.